The van der Waals surface area contributed by atoms with Gasteiger partial charge in [0.25, 0.3) is 0 Å². The first-order valence-corrected chi connectivity index (χ1v) is 4.41. The first-order chi connectivity index (χ1) is 6.43. The van der Waals surface area contributed by atoms with Crippen LogP contribution in [0.5, 0.6) is 0 Å². The molecule has 0 aromatic rings. The summed E-state index contributed by atoms with van der Waals surface area (Å²) in [6.07, 6.45) is 0.302. The molecule has 0 bridgehead atoms. The highest BCUT2D eigenvalue weighted by Crippen LogP contribution is 2.29. The summed E-state index contributed by atoms with van der Waals surface area (Å²) < 4.78 is 9.78. The zero-order chi connectivity index (χ0) is 10.8. The fraction of sp³-hybridized carbons (Fsp3) is 0.600. The first-order valence-electron chi connectivity index (χ1n) is 4.41. The third-order valence-corrected chi connectivity index (χ3v) is 2.05. The molecule has 0 radical (unpaired) electrons. The average molecular weight is 198 g/mol. The normalized spacial score (nSPS) is 25.7. The zero-order valence-electron chi connectivity index (χ0n) is 8.46. The van der Waals surface area contributed by atoms with Gasteiger partial charge in [-0.25, -0.2) is 4.79 Å². The SMILES string of the molecule is C=C(C)C(=O)OCC1(C)COC(=O)C1. The summed E-state index contributed by atoms with van der Waals surface area (Å²) >= 11 is 0. The molecule has 1 saturated heterocycles. The Morgan fingerprint density at radius 1 is 1.71 bits per heavy atom. The van der Waals surface area contributed by atoms with Crippen molar-refractivity contribution < 1.29 is 19.1 Å². The summed E-state index contributed by atoms with van der Waals surface area (Å²) in [5, 5.41) is 0. The quantitative estimate of drug-likeness (QED) is 0.502. The van der Waals surface area contributed by atoms with Crippen molar-refractivity contribution in [2.75, 3.05) is 13.2 Å². The van der Waals surface area contributed by atoms with E-state index in [-0.39, 0.29) is 18.0 Å². The molecule has 0 aromatic heterocycles. The Balaban J connectivity index is 2.41. The predicted molar refractivity (Wildman–Crippen MR) is 49.5 cm³/mol. The maximum atomic E-state index is 11.1. The van der Waals surface area contributed by atoms with Crippen LogP contribution in [0.25, 0.3) is 0 Å². The molecule has 4 heteroatoms. The number of hydrogen-bond donors (Lipinski definition) is 0. The van der Waals surface area contributed by atoms with E-state index in [9.17, 15) is 9.59 Å². The van der Waals surface area contributed by atoms with Gasteiger partial charge in [0.05, 0.1) is 6.42 Å². The van der Waals surface area contributed by atoms with E-state index in [1.807, 2.05) is 6.92 Å². The Morgan fingerprint density at radius 3 is 2.79 bits per heavy atom. The second-order valence-electron chi connectivity index (χ2n) is 4.00. The van der Waals surface area contributed by atoms with Gasteiger partial charge < -0.3 is 9.47 Å². The van der Waals surface area contributed by atoms with Gasteiger partial charge in [-0.05, 0) is 6.92 Å². The van der Waals surface area contributed by atoms with E-state index >= 15 is 0 Å². The molecule has 1 fully saturated rings. The van der Waals surface area contributed by atoms with Gasteiger partial charge in [0, 0.05) is 11.0 Å². The lowest BCUT2D eigenvalue weighted by Crippen LogP contribution is -2.25. The number of ether oxygens (including phenoxy) is 2. The van der Waals surface area contributed by atoms with E-state index in [2.05, 4.69) is 6.58 Å². The molecule has 0 aromatic carbocycles. The highest BCUT2D eigenvalue weighted by molar-refractivity contribution is 5.87. The largest absolute Gasteiger partial charge is 0.465 e. The van der Waals surface area contributed by atoms with Crippen LogP contribution >= 0.6 is 0 Å². The lowest BCUT2D eigenvalue weighted by Gasteiger charge is -2.19. The Morgan fingerprint density at radius 2 is 2.36 bits per heavy atom. The van der Waals surface area contributed by atoms with Crippen LogP contribution in [0.3, 0.4) is 0 Å². The summed E-state index contributed by atoms with van der Waals surface area (Å²) in [7, 11) is 0. The van der Waals surface area contributed by atoms with Crippen LogP contribution in [-0.2, 0) is 19.1 Å². The molecule has 1 rings (SSSR count). The van der Waals surface area contributed by atoms with Crippen LogP contribution in [0.4, 0.5) is 0 Å². The fourth-order valence-corrected chi connectivity index (χ4v) is 1.16. The molecule has 1 atom stereocenters. The van der Waals surface area contributed by atoms with Gasteiger partial charge >= 0.3 is 11.9 Å². The highest BCUT2D eigenvalue weighted by Gasteiger charge is 2.37. The zero-order valence-corrected chi connectivity index (χ0v) is 8.46. The van der Waals surface area contributed by atoms with Gasteiger partial charge in [0.1, 0.15) is 13.2 Å². The lowest BCUT2D eigenvalue weighted by molar-refractivity contribution is -0.142. The van der Waals surface area contributed by atoms with Gasteiger partial charge in [-0.15, -0.1) is 0 Å². The van der Waals surface area contributed by atoms with Gasteiger partial charge in [-0.3, -0.25) is 4.79 Å². The number of hydrogen-bond acceptors (Lipinski definition) is 4. The molecule has 0 saturated carbocycles. The van der Waals surface area contributed by atoms with E-state index in [1.165, 1.54) is 0 Å². The van der Waals surface area contributed by atoms with Crippen molar-refractivity contribution in [2.24, 2.45) is 5.41 Å². The number of carbonyl (C=O) groups is 2. The molecular weight excluding hydrogens is 184 g/mol. The predicted octanol–water partition coefficient (Wildman–Crippen LogP) is 1.06. The standard InChI is InChI=1S/C10H14O4/c1-7(2)9(12)14-6-10(3)4-8(11)13-5-10/h1,4-6H2,2-3H3. The van der Waals surface area contributed by atoms with Crippen LogP contribution in [0, 0.1) is 5.41 Å². The minimum Gasteiger partial charge on any atom is -0.465 e. The Kier molecular flexibility index (Phi) is 2.93. The van der Waals surface area contributed by atoms with Crippen molar-refractivity contribution in [1.29, 1.82) is 0 Å². The molecule has 1 heterocycles. The second-order valence-corrected chi connectivity index (χ2v) is 4.00. The smallest absolute Gasteiger partial charge is 0.333 e. The molecule has 0 N–H and O–H groups in total. The molecule has 1 aliphatic rings. The molecule has 1 aliphatic heterocycles. The molecule has 78 valence electrons. The van der Waals surface area contributed by atoms with Crippen LogP contribution in [0.15, 0.2) is 12.2 Å². The monoisotopic (exact) mass is 198 g/mol. The van der Waals surface area contributed by atoms with Gasteiger partial charge in [-0.1, -0.05) is 13.5 Å². The van der Waals surface area contributed by atoms with Crippen molar-refractivity contribution in [2.45, 2.75) is 20.3 Å². The number of cyclic esters (lactones) is 1. The topological polar surface area (TPSA) is 52.6 Å². The average Bonchev–Trinajstić information content (AvgIpc) is 2.43. The number of esters is 2. The maximum Gasteiger partial charge on any atom is 0.333 e. The summed E-state index contributed by atoms with van der Waals surface area (Å²) in [5.41, 5.74) is -0.0128. The van der Waals surface area contributed by atoms with Gasteiger partial charge in [-0.2, -0.15) is 0 Å². The van der Waals surface area contributed by atoms with E-state index in [0.717, 1.165) is 0 Å². The summed E-state index contributed by atoms with van der Waals surface area (Å²) in [5.74, 6) is -0.663. The lowest BCUT2D eigenvalue weighted by atomic mass is 9.91. The molecule has 0 aliphatic carbocycles. The maximum absolute atomic E-state index is 11.1. The molecule has 14 heavy (non-hydrogen) atoms. The van der Waals surface area contributed by atoms with Gasteiger partial charge in [0.2, 0.25) is 0 Å². The van der Waals surface area contributed by atoms with Crippen LogP contribution < -0.4 is 0 Å². The molecule has 4 nitrogen and oxygen atoms in total. The van der Waals surface area contributed by atoms with E-state index in [4.69, 9.17) is 9.47 Å². The number of rotatable bonds is 3. The molecule has 0 amide bonds. The van der Waals surface area contributed by atoms with E-state index in [0.29, 0.717) is 18.6 Å². The van der Waals surface area contributed by atoms with Crippen molar-refractivity contribution in [1.82, 2.24) is 0 Å². The van der Waals surface area contributed by atoms with Gasteiger partial charge in [0.15, 0.2) is 0 Å². The number of carbonyl (C=O) groups excluding carboxylic acids is 2. The van der Waals surface area contributed by atoms with Crippen molar-refractivity contribution in [3.05, 3.63) is 12.2 Å². The minimum absolute atomic E-state index is 0.199. The first kappa shape index (κ1) is 10.8. The summed E-state index contributed by atoms with van der Waals surface area (Å²) in [4.78, 5) is 21.9. The van der Waals surface area contributed by atoms with E-state index in [1.54, 1.807) is 6.92 Å². The van der Waals surface area contributed by atoms with Crippen molar-refractivity contribution in [3.8, 4) is 0 Å². The van der Waals surface area contributed by atoms with Crippen LogP contribution in [-0.4, -0.2) is 25.2 Å². The molecule has 1 unspecified atom stereocenters. The highest BCUT2D eigenvalue weighted by atomic mass is 16.6. The van der Waals surface area contributed by atoms with Crippen molar-refractivity contribution in [3.63, 3.8) is 0 Å². The third kappa shape index (κ3) is 2.58. The molecular formula is C10H14O4. The Labute approximate surface area is 82.9 Å². The minimum atomic E-state index is -0.425. The second kappa shape index (κ2) is 3.82. The Hall–Kier alpha value is -1.32. The summed E-state index contributed by atoms with van der Waals surface area (Å²) in [6.45, 7) is 7.41. The Bertz CT molecular complexity index is 282. The summed E-state index contributed by atoms with van der Waals surface area (Å²) in [6, 6.07) is 0. The fourth-order valence-electron chi connectivity index (χ4n) is 1.16. The van der Waals surface area contributed by atoms with Crippen LogP contribution in [0.1, 0.15) is 20.3 Å². The van der Waals surface area contributed by atoms with Crippen LogP contribution in [0.2, 0.25) is 0 Å². The third-order valence-electron chi connectivity index (χ3n) is 2.05. The van der Waals surface area contributed by atoms with E-state index < -0.39 is 5.97 Å². The van der Waals surface area contributed by atoms with Crippen molar-refractivity contribution >= 4 is 11.9 Å². The molecule has 0 spiro atoms.